The molecule has 0 spiro atoms. The molecule has 1 aliphatic heterocycles. The molecule has 1 amide bonds. The number of unbranched alkanes of at least 4 members (excludes halogenated alkanes) is 1. The maximum absolute atomic E-state index is 12.4. The predicted octanol–water partition coefficient (Wildman–Crippen LogP) is 4.23. The van der Waals surface area contributed by atoms with Crippen LogP contribution in [0.15, 0.2) is 40.9 Å². The van der Waals surface area contributed by atoms with Gasteiger partial charge in [0.25, 0.3) is 0 Å². The summed E-state index contributed by atoms with van der Waals surface area (Å²) in [6, 6.07) is 8.33. The quantitative estimate of drug-likeness (QED) is 0.395. The van der Waals surface area contributed by atoms with Crippen LogP contribution in [0.2, 0.25) is 0 Å². The van der Waals surface area contributed by atoms with Crippen LogP contribution in [0.1, 0.15) is 44.1 Å². The van der Waals surface area contributed by atoms with Crippen molar-refractivity contribution in [3.8, 4) is 0 Å². The fourth-order valence-corrected chi connectivity index (χ4v) is 3.45. The molecule has 0 N–H and O–H groups in total. The third kappa shape index (κ3) is 5.48. The maximum Gasteiger partial charge on any atom is 0.330 e. The van der Waals surface area contributed by atoms with Crippen LogP contribution in [0.4, 0.5) is 0 Å². The van der Waals surface area contributed by atoms with Crippen LogP contribution in [-0.4, -0.2) is 29.9 Å². The number of halogens is 1. The lowest BCUT2D eigenvalue weighted by Gasteiger charge is -2.36. The highest BCUT2D eigenvalue weighted by atomic mass is 79.9. The molecule has 1 aliphatic rings. The number of ether oxygens (including phenoxy) is 1. The molecule has 1 unspecified atom stereocenters. The van der Waals surface area contributed by atoms with Crippen LogP contribution in [0.5, 0.6) is 0 Å². The number of methoxy groups -OCH3 is 1. The Morgan fingerprint density at radius 3 is 2.96 bits per heavy atom. The summed E-state index contributed by atoms with van der Waals surface area (Å²) in [7, 11) is 1.37. The van der Waals surface area contributed by atoms with Crippen molar-refractivity contribution in [3.05, 3.63) is 46.5 Å². The van der Waals surface area contributed by atoms with Crippen LogP contribution < -0.4 is 0 Å². The Morgan fingerprint density at radius 1 is 1.42 bits per heavy atom. The summed E-state index contributed by atoms with van der Waals surface area (Å²) in [6.45, 7) is 0.656. The molecule has 1 saturated heterocycles. The second-order valence-electron chi connectivity index (χ2n) is 6.02. The van der Waals surface area contributed by atoms with Crippen LogP contribution >= 0.6 is 15.9 Å². The number of benzene rings is 1. The first-order chi connectivity index (χ1) is 11.6. The Balaban J connectivity index is 1.91. The lowest BCUT2D eigenvalue weighted by molar-refractivity contribution is -0.137. The molecular formula is C19H24BrNO3. The van der Waals surface area contributed by atoms with Gasteiger partial charge in [-0.1, -0.05) is 40.2 Å². The zero-order valence-corrected chi connectivity index (χ0v) is 15.6. The summed E-state index contributed by atoms with van der Waals surface area (Å²) in [5.74, 6) is -0.0782. The van der Waals surface area contributed by atoms with Gasteiger partial charge in [0.15, 0.2) is 0 Å². The highest BCUT2D eigenvalue weighted by molar-refractivity contribution is 9.10. The Hall–Kier alpha value is -1.62. The van der Waals surface area contributed by atoms with Crippen molar-refractivity contribution < 1.29 is 14.3 Å². The zero-order valence-electron chi connectivity index (χ0n) is 14.0. The normalized spacial score (nSPS) is 18.2. The van der Waals surface area contributed by atoms with Gasteiger partial charge >= 0.3 is 5.97 Å². The number of piperidine rings is 1. The second kappa shape index (κ2) is 9.62. The number of esters is 1. The summed E-state index contributed by atoms with van der Waals surface area (Å²) in [5.41, 5.74) is 1.14. The molecule has 4 nitrogen and oxygen atoms in total. The highest BCUT2D eigenvalue weighted by Gasteiger charge is 2.27. The smallest absolute Gasteiger partial charge is 0.330 e. The third-order valence-corrected chi connectivity index (χ3v) is 5.12. The van der Waals surface area contributed by atoms with Crippen molar-refractivity contribution in [2.45, 2.75) is 51.1 Å². The van der Waals surface area contributed by atoms with E-state index in [1.165, 1.54) is 13.2 Å². The minimum atomic E-state index is -0.321. The fourth-order valence-electron chi connectivity index (χ4n) is 3.04. The number of carbonyl (C=O) groups is 2. The van der Waals surface area contributed by atoms with E-state index in [-0.39, 0.29) is 17.9 Å². The molecule has 0 radical (unpaired) electrons. The average molecular weight is 394 g/mol. The van der Waals surface area contributed by atoms with Crippen molar-refractivity contribution >= 4 is 27.8 Å². The van der Waals surface area contributed by atoms with Gasteiger partial charge in [0, 0.05) is 29.6 Å². The molecule has 0 bridgehead atoms. The lowest BCUT2D eigenvalue weighted by Crippen LogP contribution is -2.43. The molecule has 24 heavy (non-hydrogen) atoms. The Bertz CT molecular complexity index is 600. The van der Waals surface area contributed by atoms with Crippen molar-refractivity contribution in [1.82, 2.24) is 4.90 Å². The molecule has 1 heterocycles. The van der Waals surface area contributed by atoms with E-state index in [0.717, 1.165) is 42.1 Å². The molecule has 130 valence electrons. The molecule has 1 fully saturated rings. The number of allylic oxidation sites excluding steroid dienone is 1. The minimum absolute atomic E-state index is 0.243. The molecule has 2 rings (SSSR count). The van der Waals surface area contributed by atoms with Gasteiger partial charge in [0.05, 0.1) is 7.11 Å². The molecule has 5 heteroatoms. The number of likely N-dealkylation sites (tertiary alicyclic amines) is 1. The Morgan fingerprint density at radius 2 is 2.21 bits per heavy atom. The third-order valence-electron chi connectivity index (χ3n) is 4.35. The van der Waals surface area contributed by atoms with Gasteiger partial charge in [0.2, 0.25) is 5.91 Å². The van der Waals surface area contributed by atoms with E-state index in [2.05, 4.69) is 26.7 Å². The fraction of sp³-hybridized carbons (Fsp3) is 0.474. The van der Waals surface area contributed by atoms with E-state index >= 15 is 0 Å². The maximum atomic E-state index is 12.4. The molecular weight excluding hydrogens is 370 g/mol. The largest absolute Gasteiger partial charge is 0.466 e. The average Bonchev–Trinajstić information content (AvgIpc) is 2.58. The highest BCUT2D eigenvalue weighted by Crippen LogP contribution is 2.26. The lowest BCUT2D eigenvalue weighted by atomic mass is 9.96. The van der Waals surface area contributed by atoms with Crippen LogP contribution in [0.25, 0.3) is 0 Å². The zero-order chi connectivity index (χ0) is 17.4. The van der Waals surface area contributed by atoms with Gasteiger partial charge < -0.3 is 9.64 Å². The van der Waals surface area contributed by atoms with E-state index in [1.54, 1.807) is 0 Å². The number of carbonyl (C=O) groups excluding carboxylic acids is 2. The van der Waals surface area contributed by atoms with Crippen molar-refractivity contribution in [2.24, 2.45) is 0 Å². The van der Waals surface area contributed by atoms with Crippen LogP contribution in [-0.2, 0) is 20.9 Å². The van der Waals surface area contributed by atoms with E-state index in [1.807, 2.05) is 29.2 Å². The van der Waals surface area contributed by atoms with Gasteiger partial charge in [-0.15, -0.1) is 0 Å². The standard InChI is InChI=1S/C19H24BrNO3/c1-24-19(23)13-4-2-3-9-16-10-7-12-18(22)21(16)14-15-8-5-6-11-17(15)20/h4-6,8,11,13,16H,2-3,7,9-10,12,14H2,1H3/b13-4+. The topological polar surface area (TPSA) is 46.6 Å². The van der Waals surface area contributed by atoms with Crippen molar-refractivity contribution in [1.29, 1.82) is 0 Å². The molecule has 1 atom stereocenters. The van der Waals surface area contributed by atoms with E-state index < -0.39 is 0 Å². The van der Waals surface area contributed by atoms with Crippen LogP contribution in [0, 0.1) is 0 Å². The molecule has 0 saturated carbocycles. The second-order valence-corrected chi connectivity index (χ2v) is 6.87. The first-order valence-electron chi connectivity index (χ1n) is 8.39. The monoisotopic (exact) mass is 393 g/mol. The van der Waals surface area contributed by atoms with Gasteiger partial charge in [-0.05, 0) is 43.7 Å². The minimum Gasteiger partial charge on any atom is -0.466 e. The van der Waals surface area contributed by atoms with Crippen molar-refractivity contribution in [2.75, 3.05) is 7.11 Å². The van der Waals surface area contributed by atoms with Gasteiger partial charge in [0.1, 0.15) is 0 Å². The number of hydrogen-bond donors (Lipinski definition) is 0. The summed E-state index contributed by atoms with van der Waals surface area (Å²) in [5, 5.41) is 0. The number of rotatable bonds is 7. The van der Waals surface area contributed by atoms with Gasteiger partial charge in [-0.3, -0.25) is 4.79 Å². The summed E-state index contributed by atoms with van der Waals surface area (Å²) < 4.78 is 5.62. The van der Waals surface area contributed by atoms with Crippen LogP contribution in [0.3, 0.4) is 0 Å². The number of hydrogen-bond acceptors (Lipinski definition) is 3. The summed E-state index contributed by atoms with van der Waals surface area (Å²) >= 11 is 3.57. The summed E-state index contributed by atoms with van der Waals surface area (Å²) in [4.78, 5) is 25.4. The van der Waals surface area contributed by atoms with E-state index in [4.69, 9.17) is 0 Å². The first-order valence-corrected chi connectivity index (χ1v) is 9.18. The first kappa shape index (κ1) is 18.7. The predicted molar refractivity (Wildman–Crippen MR) is 97.3 cm³/mol. The Kier molecular flexibility index (Phi) is 7.50. The SMILES string of the molecule is COC(=O)/C=C/CCCC1CCCC(=O)N1Cc1ccccc1Br. The number of nitrogens with zero attached hydrogens (tertiary/aromatic N) is 1. The van der Waals surface area contributed by atoms with E-state index in [9.17, 15) is 9.59 Å². The molecule has 1 aromatic rings. The molecule has 0 aliphatic carbocycles. The van der Waals surface area contributed by atoms with Gasteiger partial charge in [-0.25, -0.2) is 4.79 Å². The molecule has 0 aromatic heterocycles. The van der Waals surface area contributed by atoms with E-state index in [0.29, 0.717) is 13.0 Å². The van der Waals surface area contributed by atoms with Crippen molar-refractivity contribution in [3.63, 3.8) is 0 Å². The van der Waals surface area contributed by atoms with Gasteiger partial charge in [-0.2, -0.15) is 0 Å². The molecule has 1 aromatic carbocycles. The summed E-state index contributed by atoms with van der Waals surface area (Å²) in [6.07, 6.45) is 8.70. The Labute approximate surface area is 152 Å². The number of amides is 1.